The van der Waals surface area contributed by atoms with Crippen LogP contribution in [-0.4, -0.2) is 57.4 Å². The maximum Gasteiger partial charge on any atom is 0.193 e. The fourth-order valence-corrected chi connectivity index (χ4v) is 3.61. The number of guanidine groups is 1. The van der Waals surface area contributed by atoms with Crippen molar-refractivity contribution in [1.29, 1.82) is 0 Å². The van der Waals surface area contributed by atoms with Crippen LogP contribution in [0.4, 0.5) is 0 Å². The average molecular weight is 467 g/mol. The number of hydrogen-bond donors (Lipinski definition) is 1. The Kier molecular flexibility index (Phi) is 10.9. The third kappa shape index (κ3) is 6.85. The Bertz CT molecular complexity index is 488. The maximum atomic E-state index is 5.92. The third-order valence-corrected chi connectivity index (χ3v) is 5.20. The van der Waals surface area contributed by atoms with Gasteiger partial charge in [0.25, 0.3) is 0 Å². The molecule has 1 aromatic heterocycles. The number of thiophene rings is 1. The number of likely N-dealkylation sites (tertiary alicyclic amines) is 1. The van der Waals surface area contributed by atoms with E-state index in [9.17, 15) is 0 Å². The molecule has 0 saturated carbocycles. The largest absolute Gasteiger partial charge is 0.385 e. The molecule has 1 aliphatic rings. The summed E-state index contributed by atoms with van der Waals surface area (Å²) < 4.78 is 11.0. The van der Waals surface area contributed by atoms with Crippen molar-refractivity contribution in [2.45, 2.75) is 38.8 Å². The summed E-state index contributed by atoms with van der Waals surface area (Å²) in [5, 5.41) is 5.63. The fraction of sp³-hybridized carbons (Fsp3) is 0.706. The summed E-state index contributed by atoms with van der Waals surface area (Å²) in [7, 11) is 3.59. The zero-order valence-electron chi connectivity index (χ0n) is 14.9. The van der Waals surface area contributed by atoms with E-state index in [1.165, 1.54) is 10.4 Å². The number of hydrogen-bond acceptors (Lipinski definition) is 4. The van der Waals surface area contributed by atoms with Crippen LogP contribution in [0.5, 0.6) is 0 Å². The van der Waals surface area contributed by atoms with Crippen LogP contribution in [-0.2, 0) is 16.0 Å². The number of rotatable bonds is 7. The highest BCUT2D eigenvalue weighted by Crippen LogP contribution is 2.16. The lowest BCUT2D eigenvalue weighted by Crippen LogP contribution is -2.46. The van der Waals surface area contributed by atoms with Crippen molar-refractivity contribution in [3.63, 3.8) is 0 Å². The third-order valence-electron chi connectivity index (χ3n) is 4.17. The lowest BCUT2D eigenvalue weighted by atomic mass is 10.1. The number of aryl methyl sites for hydroxylation is 1. The van der Waals surface area contributed by atoms with E-state index >= 15 is 0 Å². The molecule has 24 heavy (non-hydrogen) atoms. The first-order chi connectivity index (χ1) is 11.2. The van der Waals surface area contributed by atoms with Crippen LogP contribution in [0.1, 0.15) is 29.7 Å². The smallest absolute Gasteiger partial charge is 0.193 e. The SMILES string of the molecule is CN=C(NCc1sccc1C)N1CCC(OCCCOC)CC1.I. The number of ether oxygens (including phenoxy) is 2. The van der Waals surface area contributed by atoms with Crippen molar-refractivity contribution in [1.82, 2.24) is 10.2 Å². The molecule has 5 nitrogen and oxygen atoms in total. The minimum Gasteiger partial charge on any atom is -0.385 e. The summed E-state index contributed by atoms with van der Waals surface area (Å²) in [4.78, 5) is 8.14. The summed E-state index contributed by atoms with van der Waals surface area (Å²) in [5.41, 5.74) is 1.35. The molecule has 0 unspecified atom stereocenters. The summed E-state index contributed by atoms with van der Waals surface area (Å²) in [6, 6.07) is 2.16. The molecule has 0 bridgehead atoms. The van der Waals surface area contributed by atoms with Crippen LogP contribution >= 0.6 is 35.3 Å². The van der Waals surface area contributed by atoms with E-state index in [4.69, 9.17) is 9.47 Å². The molecule has 1 saturated heterocycles. The zero-order chi connectivity index (χ0) is 16.5. The molecule has 2 rings (SSSR count). The van der Waals surface area contributed by atoms with E-state index in [1.807, 2.05) is 7.05 Å². The quantitative estimate of drug-likeness (QED) is 0.290. The van der Waals surface area contributed by atoms with Crippen molar-refractivity contribution < 1.29 is 9.47 Å². The number of aliphatic imine (C=N–C) groups is 1. The van der Waals surface area contributed by atoms with Crippen LogP contribution in [0.15, 0.2) is 16.4 Å². The van der Waals surface area contributed by atoms with Gasteiger partial charge in [-0.1, -0.05) is 0 Å². The predicted octanol–water partition coefficient (Wildman–Crippen LogP) is 3.27. The first-order valence-electron chi connectivity index (χ1n) is 8.33. The van der Waals surface area contributed by atoms with Crippen LogP contribution in [0.3, 0.4) is 0 Å². The number of piperidine rings is 1. The second kappa shape index (κ2) is 12.1. The molecule has 0 atom stereocenters. The number of methoxy groups -OCH3 is 1. The predicted molar refractivity (Wildman–Crippen MR) is 112 cm³/mol. The Hall–Kier alpha value is -0.380. The highest BCUT2D eigenvalue weighted by atomic mass is 127. The minimum absolute atomic E-state index is 0. The van der Waals surface area contributed by atoms with E-state index < -0.39 is 0 Å². The topological polar surface area (TPSA) is 46.1 Å². The van der Waals surface area contributed by atoms with Gasteiger partial charge in [0.05, 0.1) is 12.6 Å². The summed E-state index contributed by atoms with van der Waals surface area (Å²) in [5.74, 6) is 0.996. The first-order valence-corrected chi connectivity index (χ1v) is 9.21. The maximum absolute atomic E-state index is 5.92. The van der Waals surface area contributed by atoms with Crippen molar-refractivity contribution in [2.75, 3.05) is 40.5 Å². The Morgan fingerprint density at radius 2 is 2.12 bits per heavy atom. The highest BCUT2D eigenvalue weighted by molar-refractivity contribution is 14.0. The molecular formula is C17H30IN3O2S. The number of nitrogens with one attached hydrogen (secondary N) is 1. The molecule has 1 fully saturated rings. The number of nitrogens with zero attached hydrogens (tertiary/aromatic N) is 2. The van der Waals surface area contributed by atoms with Gasteiger partial charge in [-0.25, -0.2) is 0 Å². The summed E-state index contributed by atoms with van der Waals surface area (Å²) in [6.45, 7) is 6.57. The highest BCUT2D eigenvalue weighted by Gasteiger charge is 2.21. The van der Waals surface area contributed by atoms with Crippen molar-refractivity contribution >= 4 is 41.3 Å². The van der Waals surface area contributed by atoms with Crippen LogP contribution in [0.2, 0.25) is 0 Å². The van der Waals surface area contributed by atoms with Gasteiger partial charge in [0.1, 0.15) is 0 Å². The Balaban J connectivity index is 0.00000288. The molecule has 0 radical (unpaired) electrons. The van der Waals surface area contributed by atoms with Crippen molar-refractivity contribution in [3.8, 4) is 0 Å². The molecule has 1 aromatic rings. The monoisotopic (exact) mass is 467 g/mol. The lowest BCUT2D eigenvalue weighted by Gasteiger charge is -2.34. The second-order valence-electron chi connectivity index (χ2n) is 5.83. The lowest BCUT2D eigenvalue weighted by molar-refractivity contribution is 0.00990. The molecule has 2 heterocycles. The van der Waals surface area contributed by atoms with E-state index in [2.05, 4.69) is 33.6 Å². The van der Waals surface area contributed by atoms with Crippen LogP contribution < -0.4 is 5.32 Å². The Morgan fingerprint density at radius 3 is 2.71 bits per heavy atom. The standard InChI is InChI=1S/C17H29N3O2S.HI/c1-14-7-12-23-16(14)13-19-17(18-2)20-8-5-15(6-9-20)22-11-4-10-21-3;/h7,12,15H,4-6,8-11,13H2,1-3H3,(H,18,19);1H. The minimum atomic E-state index is 0. The van der Waals surface area contributed by atoms with Gasteiger partial charge in [-0.2, -0.15) is 0 Å². The molecule has 1 aliphatic heterocycles. The fourth-order valence-electron chi connectivity index (χ4n) is 2.76. The molecule has 7 heteroatoms. The Morgan fingerprint density at radius 1 is 1.38 bits per heavy atom. The summed E-state index contributed by atoms with van der Waals surface area (Å²) >= 11 is 1.80. The van der Waals surface area contributed by atoms with E-state index in [0.717, 1.165) is 58.1 Å². The van der Waals surface area contributed by atoms with Gasteiger partial charge in [-0.15, -0.1) is 35.3 Å². The van der Waals surface area contributed by atoms with Gasteiger partial charge in [0.15, 0.2) is 5.96 Å². The van der Waals surface area contributed by atoms with Crippen LogP contribution in [0, 0.1) is 6.92 Å². The van der Waals surface area contributed by atoms with E-state index in [0.29, 0.717) is 6.10 Å². The van der Waals surface area contributed by atoms with E-state index in [1.54, 1.807) is 18.4 Å². The molecule has 0 aromatic carbocycles. The van der Waals surface area contributed by atoms with Crippen LogP contribution in [0.25, 0.3) is 0 Å². The zero-order valence-corrected chi connectivity index (χ0v) is 18.1. The normalized spacial score (nSPS) is 16.1. The van der Waals surface area contributed by atoms with Gasteiger partial charge in [-0.05, 0) is 43.2 Å². The van der Waals surface area contributed by atoms with Gasteiger partial charge in [-0.3, -0.25) is 4.99 Å². The second-order valence-corrected chi connectivity index (χ2v) is 6.83. The van der Waals surface area contributed by atoms with Gasteiger partial charge in [0.2, 0.25) is 0 Å². The van der Waals surface area contributed by atoms with Crippen molar-refractivity contribution in [3.05, 3.63) is 21.9 Å². The van der Waals surface area contributed by atoms with Gasteiger partial charge >= 0.3 is 0 Å². The first kappa shape index (κ1) is 21.7. The molecule has 0 spiro atoms. The Labute approximate surface area is 166 Å². The molecule has 0 amide bonds. The molecule has 0 aliphatic carbocycles. The number of halogens is 1. The molecular weight excluding hydrogens is 437 g/mol. The molecule has 138 valence electrons. The summed E-state index contributed by atoms with van der Waals surface area (Å²) in [6.07, 6.45) is 3.47. The van der Waals surface area contributed by atoms with E-state index in [-0.39, 0.29) is 24.0 Å². The van der Waals surface area contributed by atoms with Crippen molar-refractivity contribution in [2.24, 2.45) is 4.99 Å². The van der Waals surface area contributed by atoms with Gasteiger partial charge < -0.3 is 19.7 Å². The average Bonchev–Trinajstić information content (AvgIpc) is 2.98. The van der Waals surface area contributed by atoms with Gasteiger partial charge in [0, 0.05) is 45.3 Å². The molecule has 1 N–H and O–H groups in total.